The van der Waals surface area contributed by atoms with Crippen molar-refractivity contribution in [3.63, 3.8) is 0 Å². The molecule has 1 aliphatic heterocycles. The molecular formula is C20H26N6O4. The Hall–Kier alpha value is -3.43. The molecule has 1 aromatic carbocycles. The fraction of sp³-hybridized carbons (Fsp3) is 0.450. The molecule has 0 aliphatic carbocycles. The first-order valence-electron chi connectivity index (χ1n) is 9.74. The molecule has 0 spiro atoms. The van der Waals surface area contributed by atoms with E-state index in [1.165, 1.54) is 0 Å². The number of carbonyl (C=O) groups is 3. The van der Waals surface area contributed by atoms with Crippen LogP contribution >= 0.6 is 0 Å². The second kappa shape index (κ2) is 8.52. The molecule has 0 unspecified atom stereocenters. The maximum Gasteiger partial charge on any atom is 0.407 e. The molecule has 0 saturated carbocycles. The van der Waals surface area contributed by atoms with Gasteiger partial charge in [0.05, 0.1) is 0 Å². The molecule has 2 heterocycles. The van der Waals surface area contributed by atoms with Crippen molar-refractivity contribution in [2.75, 3.05) is 13.1 Å². The van der Waals surface area contributed by atoms with Gasteiger partial charge >= 0.3 is 6.09 Å². The molecule has 0 bridgehead atoms. The summed E-state index contributed by atoms with van der Waals surface area (Å²) in [7, 11) is 0. The maximum absolute atomic E-state index is 12.8. The lowest BCUT2D eigenvalue weighted by Crippen LogP contribution is -2.47. The fourth-order valence-corrected chi connectivity index (χ4v) is 3.26. The second-order valence-electron chi connectivity index (χ2n) is 8.18. The Morgan fingerprint density at radius 2 is 1.77 bits per heavy atom. The zero-order chi connectivity index (χ0) is 21.9. The lowest BCUT2D eigenvalue weighted by atomic mass is 10.0. The fourth-order valence-electron chi connectivity index (χ4n) is 3.26. The summed E-state index contributed by atoms with van der Waals surface area (Å²) in [4.78, 5) is 37.9. The zero-order valence-corrected chi connectivity index (χ0v) is 17.3. The Bertz CT molecular complexity index is 924. The molecule has 10 heteroatoms. The number of hydrogen-bond acceptors (Lipinski definition) is 6. The molecule has 3 amide bonds. The van der Waals surface area contributed by atoms with Gasteiger partial charge in [0.25, 0.3) is 11.8 Å². The number of nitrogens with two attached hydrogens (primary N) is 1. The van der Waals surface area contributed by atoms with Crippen molar-refractivity contribution in [3.05, 3.63) is 35.5 Å². The number of alkyl carbamates (subject to hydrolysis) is 1. The molecule has 1 aromatic heterocycles. The van der Waals surface area contributed by atoms with Crippen molar-refractivity contribution in [1.82, 2.24) is 25.6 Å². The molecule has 3 rings (SSSR count). The van der Waals surface area contributed by atoms with Gasteiger partial charge in [0, 0.05) is 30.3 Å². The van der Waals surface area contributed by atoms with Gasteiger partial charge in [-0.15, -0.1) is 0 Å². The molecule has 1 saturated heterocycles. The number of likely N-dealkylation sites (tertiary alicyclic amines) is 1. The zero-order valence-electron chi connectivity index (χ0n) is 17.3. The van der Waals surface area contributed by atoms with Crippen LogP contribution in [0.3, 0.4) is 0 Å². The predicted octanol–water partition coefficient (Wildman–Crippen LogP) is 1.70. The molecular weight excluding hydrogens is 388 g/mol. The third kappa shape index (κ3) is 5.13. The van der Waals surface area contributed by atoms with Crippen LogP contribution in [0.15, 0.2) is 24.3 Å². The largest absolute Gasteiger partial charge is 0.444 e. The van der Waals surface area contributed by atoms with Crippen LogP contribution in [-0.2, 0) is 4.74 Å². The Balaban J connectivity index is 1.57. The highest BCUT2D eigenvalue weighted by molar-refractivity contribution is 5.97. The summed E-state index contributed by atoms with van der Waals surface area (Å²) in [6, 6.07) is 6.75. The predicted molar refractivity (Wildman–Crippen MR) is 109 cm³/mol. The van der Waals surface area contributed by atoms with Crippen molar-refractivity contribution >= 4 is 17.9 Å². The van der Waals surface area contributed by atoms with Crippen LogP contribution in [0, 0.1) is 0 Å². The molecule has 4 N–H and O–H groups in total. The van der Waals surface area contributed by atoms with Gasteiger partial charge in [-0.05, 0) is 45.7 Å². The number of amides is 3. The highest BCUT2D eigenvalue weighted by Crippen LogP contribution is 2.21. The van der Waals surface area contributed by atoms with Crippen molar-refractivity contribution in [2.24, 2.45) is 5.73 Å². The lowest BCUT2D eigenvalue weighted by molar-refractivity contribution is 0.0473. The summed E-state index contributed by atoms with van der Waals surface area (Å²) in [5.74, 6) is -0.769. The smallest absolute Gasteiger partial charge is 0.407 e. The van der Waals surface area contributed by atoms with Crippen LogP contribution in [-0.4, -0.2) is 63.0 Å². The summed E-state index contributed by atoms with van der Waals surface area (Å²) >= 11 is 0. The number of aromatic nitrogens is 3. The quantitative estimate of drug-likeness (QED) is 0.695. The van der Waals surface area contributed by atoms with Gasteiger partial charge in [-0.3, -0.25) is 9.59 Å². The second-order valence-corrected chi connectivity index (χ2v) is 8.18. The van der Waals surface area contributed by atoms with Crippen LogP contribution in [0.2, 0.25) is 0 Å². The number of primary amides is 1. The summed E-state index contributed by atoms with van der Waals surface area (Å²) in [5.41, 5.74) is 6.30. The normalized spacial score (nSPS) is 15.0. The van der Waals surface area contributed by atoms with Gasteiger partial charge in [0.15, 0.2) is 5.69 Å². The average molecular weight is 414 g/mol. The van der Waals surface area contributed by atoms with E-state index < -0.39 is 17.6 Å². The van der Waals surface area contributed by atoms with Gasteiger partial charge in [-0.1, -0.05) is 12.1 Å². The first-order valence-corrected chi connectivity index (χ1v) is 9.74. The topological polar surface area (TPSA) is 143 Å². The van der Waals surface area contributed by atoms with E-state index in [0.717, 1.165) is 0 Å². The van der Waals surface area contributed by atoms with Crippen molar-refractivity contribution in [2.45, 2.75) is 45.3 Å². The summed E-state index contributed by atoms with van der Waals surface area (Å²) < 4.78 is 5.28. The number of aromatic amines is 1. The minimum Gasteiger partial charge on any atom is -0.444 e. The Morgan fingerprint density at radius 1 is 1.13 bits per heavy atom. The third-order valence-electron chi connectivity index (χ3n) is 4.69. The minimum absolute atomic E-state index is 0.0225. The first kappa shape index (κ1) is 21.3. The van der Waals surface area contributed by atoms with E-state index in [-0.39, 0.29) is 17.6 Å². The number of nitrogens with zero attached hydrogens (tertiary/aromatic N) is 3. The van der Waals surface area contributed by atoms with Crippen molar-refractivity contribution in [1.29, 1.82) is 0 Å². The number of benzene rings is 1. The average Bonchev–Trinajstić information content (AvgIpc) is 3.17. The minimum atomic E-state index is -0.679. The van der Waals surface area contributed by atoms with Gasteiger partial charge in [-0.2, -0.15) is 15.4 Å². The Morgan fingerprint density at radius 3 is 2.33 bits per heavy atom. The summed E-state index contributed by atoms with van der Waals surface area (Å²) in [6.07, 6.45) is 0.875. The molecule has 30 heavy (non-hydrogen) atoms. The van der Waals surface area contributed by atoms with Crippen LogP contribution in [0.4, 0.5) is 4.79 Å². The standard InChI is InChI=1S/C20H26N6O4/c1-20(2,3)30-19(29)22-14-8-10-26(11-9-14)18(28)13-6-4-12(5-7-13)15-16(17(21)27)24-25-23-15/h4-7,14H,8-11H2,1-3H3,(H2,21,27)(H,22,29)(H,23,24,25). The van der Waals surface area contributed by atoms with Crippen molar-refractivity contribution in [3.8, 4) is 11.3 Å². The number of carbonyl (C=O) groups excluding carboxylic acids is 3. The highest BCUT2D eigenvalue weighted by atomic mass is 16.6. The van der Waals surface area contributed by atoms with Gasteiger partial charge < -0.3 is 20.7 Å². The Kier molecular flexibility index (Phi) is 6.04. The number of ether oxygens (including phenoxy) is 1. The number of nitrogens with one attached hydrogen (secondary N) is 2. The third-order valence-corrected chi connectivity index (χ3v) is 4.69. The van der Waals surface area contributed by atoms with E-state index in [4.69, 9.17) is 10.5 Å². The van der Waals surface area contributed by atoms with Crippen LogP contribution in [0.25, 0.3) is 11.3 Å². The van der Waals surface area contributed by atoms with E-state index in [1.807, 2.05) is 20.8 Å². The SMILES string of the molecule is CC(C)(C)OC(=O)NC1CCN(C(=O)c2ccc(-c3n[nH]nc3C(N)=O)cc2)CC1. The van der Waals surface area contributed by atoms with Gasteiger partial charge in [0.1, 0.15) is 11.3 Å². The van der Waals surface area contributed by atoms with E-state index in [1.54, 1.807) is 29.2 Å². The van der Waals surface area contributed by atoms with E-state index in [2.05, 4.69) is 20.7 Å². The number of H-pyrrole nitrogens is 1. The molecule has 2 aromatic rings. The molecule has 160 valence electrons. The highest BCUT2D eigenvalue weighted by Gasteiger charge is 2.26. The van der Waals surface area contributed by atoms with Crippen LogP contribution < -0.4 is 11.1 Å². The van der Waals surface area contributed by atoms with E-state index in [0.29, 0.717) is 42.8 Å². The molecule has 1 fully saturated rings. The lowest BCUT2D eigenvalue weighted by Gasteiger charge is -2.33. The van der Waals surface area contributed by atoms with Gasteiger partial charge in [0.2, 0.25) is 0 Å². The van der Waals surface area contributed by atoms with E-state index in [9.17, 15) is 14.4 Å². The molecule has 0 radical (unpaired) electrons. The summed E-state index contributed by atoms with van der Waals surface area (Å²) in [6.45, 7) is 6.52. The van der Waals surface area contributed by atoms with Crippen LogP contribution in [0.5, 0.6) is 0 Å². The monoisotopic (exact) mass is 414 g/mol. The number of hydrogen-bond donors (Lipinski definition) is 3. The molecule has 1 aliphatic rings. The van der Waals surface area contributed by atoms with E-state index >= 15 is 0 Å². The van der Waals surface area contributed by atoms with Crippen LogP contribution in [0.1, 0.15) is 54.5 Å². The first-order chi connectivity index (χ1) is 14.1. The number of rotatable bonds is 4. The molecule has 10 nitrogen and oxygen atoms in total. The number of piperidine rings is 1. The van der Waals surface area contributed by atoms with Gasteiger partial charge in [-0.25, -0.2) is 4.79 Å². The molecule has 0 atom stereocenters. The maximum atomic E-state index is 12.8. The Labute approximate surface area is 174 Å². The van der Waals surface area contributed by atoms with Crippen molar-refractivity contribution < 1.29 is 19.1 Å². The summed E-state index contributed by atoms with van der Waals surface area (Å²) in [5, 5.41) is 12.9.